The highest BCUT2D eigenvalue weighted by Gasteiger charge is 2.21. The first-order valence-corrected chi connectivity index (χ1v) is 13.4. The maximum absolute atomic E-state index is 12.4. The zero-order valence-electron chi connectivity index (χ0n) is 16.5. The summed E-state index contributed by atoms with van der Waals surface area (Å²) < 4.78 is 7.92. The highest BCUT2D eigenvalue weighted by molar-refractivity contribution is 6.76. The monoisotopic (exact) mass is 376 g/mol. The van der Waals surface area contributed by atoms with E-state index in [1.165, 1.54) is 12.8 Å². The number of likely N-dealkylation sites (tertiary alicyclic amines) is 1. The topological polar surface area (TPSA) is 63.2 Å². The largest absolute Gasteiger partial charge is 0.361 e. The van der Waals surface area contributed by atoms with Crippen molar-refractivity contribution < 1.29 is 4.74 Å². The van der Waals surface area contributed by atoms with Crippen molar-refractivity contribution in [2.45, 2.75) is 58.7 Å². The number of fused-ring (bicyclic) bond motifs is 1. The number of rotatable bonds is 7. The number of H-pyrrole nitrogens is 1. The van der Waals surface area contributed by atoms with Gasteiger partial charge in [-0.15, -0.1) is 0 Å². The number of pyridine rings is 1. The standard InChI is InChI=1S/C19H32N4O2Si/c1-15-6-5-9-22(12-15)13-17-21-16-7-8-20-19(24)18(16)23(17)14-25-10-11-26(2,3)4/h7-8,15H,5-6,9-14H2,1-4H3,(H,20,24)/t15-/m0/s1. The van der Waals surface area contributed by atoms with Gasteiger partial charge in [0.1, 0.15) is 18.1 Å². The van der Waals surface area contributed by atoms with Crippen LogP contribution < -0.4 is 5.56 Å². The Morgan fingerprint density at radius 2 is 2.19 bits per heavy atom. The average Bonchev–Trinajstić information content (AvgIpc) is 2.89. The Morgan fingerprint density at radius 3 is 2.92 bits per heavy atom. The number of ether oxygens (including phenoxy) is 1. The molecular formula is C19H32N4O2Si. The van der Waals surface area contributed by atoms with Crippen LogP contribution in [0.2, 0.25) is 25.7 Å². The van der Waals surface area contributed by atoms with E-state index in [0.717, 1.165) is 49.5 Å². The van der Waals surface area contributed by atoms with Gasteiger partial charge >= 0.3 is 0 Å². The fourth-order valence-corrected chi connectivity index (χ4v) is 4.32. The fourth-order valence-electron chi connectivity index (χ4n) is 3.56. The van der Waals surface area contributed by atoms with Crippen LogP contribution >= 0.6 is 0 Å². The van der Waals surface area contributed by atoms with Crippen molar-refractivity contribution in [3.8, 4) is 0 Å². The van der Waals surface area contributed by atoms with Gasteiger partial charge in [-0.2, -0.15) is 0 Å². The van der Waals surface area contributed by atoms with Gasteiger partial charge in [0.25, 0.3) is 5.56 Å². The summed E-state index contributed by atoms with van der Waals surface area (Å²) in [5.41, 5.74) is 1.28. The molecule has 0 radical (unpaired) electrons. The summed E-state index contributed by atoms with van der Waals surface area (Å²) in [4.78, 5) is 22.3. The molecule has 144 valence electrons. The van der Waals surface area contributed by atoms with Gasteiger partial charge in [-0.1, -0.05) is 26.6 Å². The minimum absolute atomic E-state index is 0.0953. The van der Waals surface area contributed by atoms with Crippen LogP contribution in [-0.4, -0.2) is 47.2 Å². The van der Waals surface area contributed by atoms with Gasteiger partial charge < -0.3 is 9.72 Å². The highest BCUT2D eigenvalue weighted by atomic mass is 28.3. The fraction of sp³-hybridized carbons (Fsp3) is 0.684. The van der Waals surface area contributed by atoms with Crippen LogP contribution in [0, 0.1) is 5.92 Å². The molecule has 1 aliphatic rings. The SMILES string of the molecule is C[C@H]1CCCN(Cc2nc3cc[nH]c(=O)c3n2COCC[Si](C)(C)C)C1. The Hall–Kier alpha value is -1.44. The highest BCUT2D eigenvalue weighted by Crippen LogP contribution is 2.20. The predicted octanol–water partition coefficient (Wildman–Crippen LogP) is 3.27. The van der Waals surface area contributed by atoms with Gasteiger partial charge in [0.15, 0.2) is 0 Å². The first-order valence-electron chi connectivity index (χ1n) is 9.70. The van der Waals surface area contributed by atoms with Gasteiger partial charge in [-0.05, 0) is 37.4 Å². The molecule has 1 saturated heterocycles. The van der Waals surface area contributed by atoms with Gasteiger partial charge in [-0.25, -0.2) is 4.98 Å². The van der Waals surface area contributed by atoms with E-state index in [4.69, 9.17) is 9.72 Å². The van der Waals surface area contributed by atoms with Gasteiger partial charge in [0.05, 0.1) is 12.1 Å². The number of nitrogens with zero attached hydrogens (tertiary/aromatic N) is 3. The second kappa shape index (κ2) is 8.06. The Kier molecular flexibility index (Phi) is 5.99. The third kappa shape index (κ3) is 4.84. The lowest BCUT2D eigenvalue weighted by atomic mass is 10.0. The molecule has 0 unspecified atom stereocenters. The summed E-state index contributed by atoms with van der Waals surface area (Å²) in [7, 11) is -1.13. The molecule has 0 amide bonds. The molecule has 1 fully saturated rings. The van der Waals surface area contributed by atoms with Crippen LogP contribution in [0.25, 0.3) is 11.0 Å². The molecular weight excluding hydrogens is 344 g/mol. The number of nitrogens with one attached hydrogen (secondary N) is 1. The molecule has 3 heterocycles. The van der Waals surface area contributed by atoms with E-state index < -0.39 is 8.07 Å². The van der Waals surface area contributed by atoms with Crippen LogP contribution in [0.4, 0.5) is 0 Å². The number of hydrogen-bond donors (Lipinski definition) is 1. The van der Waals surface area contributed by atoms with Gasteiger partial charge in [0, 0.05) is 27.4 Å². The van der Waals surface area contributed by atoms with Crippen molar-refractivity contribution >= 4 is 19.1 Å². The quantitative estimate of drug-likeness (QED) is 0.595. The minimum Gasteiger partial charge on any atom is -0.361 e. The van der Waals surface area contributed by atoms with Crippen LogP contribution in [0.15, 0.2) is 17.1 Å². The summed E-state index contributed by atoms with van der Waals surface area (Å²) in [5.74, 6) is 1.65. The number of imidazole rings is 1. The second-order valence-electron chi connectivity index (χ2n) is 8.83. The molecule has 2 aromatic heterocycles. The Balaban J connectivity index is 1.80. The molecule has 0 spiro atoms. The van der Waals surface area contributed by atoms with Crippen molar-refractivity contribution in [1.82, 2.24) is 19.4 Å². The smallest absolute Gasteiger partial charge is 0.274 e. The number of aromatic amines is 1. The van der Waals surface area contributed by atoms with Gasteiger partial charge in [0.2, 0.25) is 0 Å². The normalized spacial score (nSPS) is 19.3. The average molecular weight is 377 g/mol. The molecule has 2 aromatic rings. The Morgan fingerprint density at radius 1 is 1.38 bits per heavy atom. The lowest BCUT2D eigenvalue weighted by Crippen LogP contribution is -2.34. The minimum atomic E-state index is -1.13. The van der Waals surface area contributed by atoms with E-state index in [0.29, 0.717) is 12.2 Å². The van der Waals surface area contributed by atoms with E-state index in [1.54, 1.807) is 6.20 Å². The molecule has 7 heteroatoms. The third-order valence-electron chi connectivity index (χ3n) is 5.07. The molecule has 0 aromatic carbocycles. The second-order valence-corrected chi connectivity index (χ2v) is 14.4. The molecule has 1 aliphatic heterocycles. The summed E-state index contributed by atoms with van der Waals surface area (Å²) in [6.45, 7) is 13.4. The van der Waals surface area contributed by atoms with Crippen molar-refractivity contribution in [2.75, 3.05) is 19.7 Å². The van der Waals surface area contributed by atoms with Crippen LogP contribution in [0.5, 0.6) is 0 Å². The molecule has 0 saturated carbocycles. The predicted molar refractivity (Wildman–Crippen MR) is 108 cm³/mol. The van der Waals surface area contributed by atoms with E-state index >= 15 is 0 Å². The van der Waals surface area contributed by atoms with Gasteiger partial charge in [-0.3, -0.25) is 14.3 Å². The summed E-state index contributed by atoms with van der Waals surface area (Å²) in [6.07, 6.45) is 4.20. The summed E-state index contributed by atoms with van der Waals surface area (Å²) in [6, 6.07) is 2.99. The van der Waals surface area contributed by atoms with Crippen molar-refractivity contribution in [1.29, 1.82) is 0 Å². The number of piperidine rings is 1. The van der Waals surface area contributed by atoms with E-state index in [-0.39, 0.29) is 5.56 Å². The van der Waals surface area contributed by atoms with Crippen LogP contribution in [0.3, 0.4) is 0 Å². The molecule has 1 atom stereocenters. The molecule has 6 nitrogen and oxygen atoms in total. The maximum atomic E-state index is 12.4. The van der Waals surface area contributed by atoms with E-state index in [2.05, 4.69) is 36.4 Å². The number of hydrogen-bond acceptors (Lipinski definition) is 4. The first-order chi connectivity index (χ1) is 12.3. The van der Waals surface area contributed by atoms with Crippen LogP contribution in [-0.2, 0) is 18.0 Å². The maximum Gasteiger partial charge on any atom is 0.274 e. The molecule has 3 rings (SSSR count). The van der Waals surface area contributed by atoms with Crippen LogP contribution in [0.1, 0.15) is 25.6 Å². The van der Waals surface area contributed by atoms with Crippen molar-refractivity contribution in [3.05, 3.63) is 28.4 Å². The third-order valence-corrected chi connectivity index (χ3v) is 6.77. The van der Waals surface area contributed by atoms with Crippen molar-refractivity contribution in [2.24, 2.45) is 5.92 Å². The lowest BCUT2D eigenvalue weighted by molar-refractivity contribution is 0.0839. The summed E-state index contributed by atoms with van der Waals surface area (Å²) >= 11 is 0. The zero-order chi connectivity index (χ0) is 18.7. The molecule has 26 heavy (non-hydrogen) atoms. The first kappa shape index (κ1) is 19.3. The molecule has 0 bridgehead atoms. The Bertz CT molecular complexity index is 793. The molecule has 0 aliphatic carbocycles. The van der Waals surface area contributed by atoms with Crippen molar-refractivity contribution in [3.63, 3.8) is 0 Å². The summed E-state index contributed by atoms with van der Waals surface area (Å²) in [5, 5.41) is 0. The zero-order valence-corrected chi connectivity index (χ0v) is 17.5. The lowest BCUT2D eigenvalue weighted by Gasteiger charge is -2.30. The van der Waals surface area contributed by atoms with E-state index in [9.17, 15) is 4.79 Å². The van der Waals surface area contributed by atoms with E-state index in [1.807, 2.05) is 10.6 Å². The Labute approximate surface area is 156 Å². The molecule has 1 N–H and O–H groups in total. The number of aromatic nitrogens is 3.